The van der Waals surface area contributed by atoms with Gasteiger partial charge in [0.2, 0.25) is 0 Å². The Labute approximate surface area is 189 Å². The van der Waals surface area contributed by atoms with E-state index in [1.165, 1.54) is 6.20 Å². The zero-order valence-electron chi connectivity index (χ0n) is 18.2. The van der Waals surface area contributed by atoms with Crippen LogP contribution in [-0.4, -0.2) is 39.3 Å². The Kier molecular flexibility index (Phi) is 7.37. The third-order valence-corrected chi connectivity index (χ3v) is 3.74. The molecule has 0 aliphatic heterocycles. The molecule has 2 rings (SSSR count). The van der Waals surface area contributed by atoms with E-state index < -0.39 is 29.3 Å². The van der Waals surface area contributed by atoms with Crippen molar-refractivity contribution in [3.05, 3.63) is 46.8 Å². The zero-order valence-corrected chi connectivity index (χ0v) is 19.8. The second-order valence-corrected chi connectivity index (χ2v) is 9.29. The van der Waals surface area contributed by atoms with Gasteiger partial charge in [-0.05, 0) is 69.6 Å². The summed E-state index contributed by atoms with van der Waals surface area (Å²) in [7, 11) is 0. The molecular weight excluding hydrogens is 468 g/mol. The lowest BCUT2D eigenvalue weighted by atomic mass is 10.2. The molecule has 31 heavy (non-hydrogen) atoms. The van der Waals surface area contributed by atoms with Crippen molar-refractivity contribution in [2.24, 2.45) is 0 Å². The first-order chi connectivity index (χ1) is 14.3. The van der Waals surface area contributed by atoms with Crippen molar-refractivity contribution < 1.29 is 23.9 Å². The lowest BCUT2D eigenvalue weighted by Crippen LogP contribution is -2.42. The second kappa shape index (κ2) is 9.42. The number of amides is 3. The molecule has 9 nitrogen and oxygen atoms in total. The predicted octanol–water partition coefficient (Wildman–Crippen LogP) is 5.17. The van der Waals surface area contributed by atoms with E-state index in [4.69, 9.17) is 9.47 Å². The molecule has 0 unspecified atom stereocenters. The number of carbonyl (C=O) groups excluding carboxylic acids is 3. The number of imide groups is 1. The first-order valence-electron chi connectivity index (χ1n) is 9.42. The van der Waals surface area contributed by atoms with Crippen molar-refractivity contribution in [1.29, 1.82) is 0 Å². The summed E-state index contributed by atoms with van der Waals surface area (Å²) in [5.41, 5.74) is -1.60. The fraction of sp³-hybridized carbons (Fsp3) is 0.381. The van der Waals surface area contributed by atoms with Gasteiger partial charge in [0.25, 0.3) is 5.91 Å². The van der Waals surface area contributed by atoms with Crippen LogP contribution in [0.25, 0.3) is 0 Å². The van der Waals surface area contributed by atoms with Gasteiger partial charge < -0.3 is 9.47 Å². The van der Waals surface area contributed by atoms with Gasteiger partial charge in [0, 0.05) is 0 Å². The van der Waals surface area contributed by atoms with Crippen molar-refractivity contribution in [2.45, 2.75) is 52.7 Å². The highest BCUT2D eigenvalue weighted by Crippen LogP contribution is 2.24. The predicted molar refractivity (Wildman–Crippen MR) is 119 cm³/mol. The van der Waals surface area contributed by atoms with Crippen LogP contribution in [0.1, 0.15) is 52.0 Å². The number of rotatable bonds is 3. The Bertz CT molecular complexity index is 968. The van der Waals surface area contributed by atoms with Crippen molar-refractivity contribution in [3.8, 4) is 0 Å². The number of benzene rings is 1. The number of para-hydroxylation sites is 1. The van der Waals surface area contributed by atoms with Crippen LogP contribution in [0, 0.1) is 0 Å². The molecule has 0 aliphatic rings. The Hall–Kier alpha value is -3.01. The Balaban J connectivity index is 2.48. The van der Waals surface area contributed by atoms with Crippen LogP contribution >= 0.6 is 15.9 Å². The van der Waals surface area contributed by atoms with E-state index >= 15 is 0 Å². The Morgan fingerprint density at radius 3 is 2.10 bits per heavy atom. The van der Waals surface area contributed by atoms with E-state index in [1.54, 1.807) is 71.9 Å². The topological polar surface area (TPSA) is 111 Å². The quantitative estimate of drug-likeness (QED) is 0.628. The van der Waals surface area contributed by atoms with Gasteiger partial charge in [0.05, 0.1) is 11.9 Å². The third-order valence-electron chi connectivity index (χ3n) is 3.36. The van der Waals surface area contributed by atoms with Gasteiger partial charge in [-0.2, -0.15) is 0 Å². The van der Waals surface area contributed by atoms with Crippen LogP contribution in [0.15, 0.2) is 41.1 Å². The number of carbonyl (C=O) groups is 3. The minimum absolute atomic E-state index is 0.160. The molecule has 10 heteroatoms. The number of nitrogens with zero attached hydrogens (tertiary/aromatic N) is 3. The van der Waals surface area contributed by atoms with Crippen molar-refractivity contribution in [1.82, 2.24) is 9.97 Å². The first-order valence-corrected chi connectivity index (χ1v) is 10.2. The van der Waals surface area contributed by atoms with Crippen LogP contribution in [0.2, 0.25) is 0 Å². The largest absolute Gasteiger partial charge is 0.444 e. The maximum absolute atomic E-state index is 13.4. The number of hydrogen-bond donors (Lipinski definition) is 1. The van der Waals surface area contributed by atoms with E-state index in [1.807, 2.05) is 0 Å². The van der Waals surface area contributed by atoms with Crippen LogP contribution in [0.5, 0.6) is 0 Å². The molecule has 0 fully saturated rings. The number of aromatic nitrogens is 2. The van der Waals surface area contributed by atoms with E-state index in [9.17, 15) is 14.4 Å². The molecule has 0 saturated heterocycles. The van der Waals surface area contributed by atoms with Gasteiger partial charge in [-0.1, -0.05) is 18.2 Å². The molecule has 1 aromatic heterocycles. The number of hydrogen-bond acceptors (Lipinski definition) is 7. The minimum Gasteiger partial charge on any atom is -0.444 e. The molecular formula is C21H25BrN4O5. The summed E-state index contributed by atoms with van der Waals surface area (Å²) < 4.78 is 10.9. The Morgan fingerprint density at radius 1 is 0.968 bits per heavy atom. The summed E-state index contributed by atoms with van der Waals surface area (Å²) in [5.74, 6) is -0.993. The molecule has 0 bridgehead atoms. The highest BCUT2D eigenvalue weighted by atomic mass is 79.9. The number of ether oxygens (including phenoxy) is 2. The monoisotopic (exact) mass is 492 g/mol. The molecule has 1 heterocycles. The fourth-order valence-corrected chi connectivity index (χ4v) is 2.58. The molecule has 2 aromatic rings. The van der Waals surface area contributed by atoms with Gasteiger partial charge in [0.15, 0.2) is 11.5 Å². The number of nitrogens with one attached hydrogen (secondary N) is 1. The standard InChI is InChI=1S/C21H25BrN4O5/c1-20(2,3)30-18(28)25-16-15(24-14(22)12-23-16)17(27)26(13-10-8-7-9-11-13)19(29)31-21(4,5)6/h7-12H,1-6H3,(H,23,25,28). The summed E-state index contributed by atoms with van der Waals surface area (Å²) >= 11 is 3.17. The second-order valence-electron chi connectivity index (χ2n) is 8.47. The third kappa shape index (κ3) is 7.32. The Morgan fingerprint density at radius 2 is 1.55 bits per heavy atom. The van der Waals surface area contributed by atoms with Gasteiger partial charge >= 0.3 is 12.2 Å². The van der Waals surface area contributed by atoms with E-state index in [0.29, 0.717) is 0 Å². The summed E-state index contributed by atoms with van der Waals surface area (Å²) in [5, 5.41) is 2.41. The summed E-state index contributed by atoms with van der Waals surface area (Å²) in [4.78, 5) is 47.6. The highest BCUT2D eigenvalue weighted by Gasteiger charge is 2.33. The van der Waals surface area contributed by atoms with Crippen molar-refractivity contribution >= 4 is 45.5 Å². The highest BCUT2D eigenvalue weighted by molar-refractivity contribution is 9.10. The van der Waals surface area contributed by atoms with Gasteiger partial charge in [-0.15, -0.1) is 0 Å². The minimum atomic E-state index is -0.895. The molecule has 1 N–H and O–H groups in total. The summed E-state index contributed by atoms with van der Waals surface area (Å²) in [6.45, 7) is 10.2. The molecule has 0 spiro atoms. The van der Waals surface area contributed by atoms with E-state index in [-0.39, 0.29) is 21.8 Å². The molecule has 1 aromatic carbocycles. The maximum atomic E-state index is 13.4. The average molecular weight is 493 g/mol. The van der Waals surface area contributed by atoms with Crippen LogP contribution in [0.3, 0.4) is 0 Å². The SMILES string of the molecule is CC(C)(C)OC(=O)Nc1ncc(Br)nc1C(=O)N(C(=O)OC(C)(C)C)c1ccccc1. The van der Waals surface area contributed by atoms with E-state index in [2.05, 4.69) is 31.2 Å². The van der Waals surface area contributed by atoms with Crippen LogP contribution < -0.4 is 10.2 Å². The van der Waals surface area contributed by atoms with Gasteiger partial charge in [-0.3, -0.25) is 10.1 Å². The lowest BCUT2D eigenvalue weighted by molar-refractivity contribution is 0.0562. The molecule has 166 valence electrons. The van der Waals surface area contributed by atoms with Gasteiger partial charge in [-0.25, -0.2) is 24.5 Å². The lowest BCUT2D eigenvalue weighted by Gasteiger charge is -2.26. The van der Waals surface area contributed by atoms with Gasteiger partial charge in [0.1, 0.15) is 15.8 Å². The molecule has 0 radical (unpaired) electrons. The molecule has 0 atom stereocenters. The van der Waals surface area contributed by atoms with Crippen molar-refractivity contribution in [3.63, 3.8) is 0 Å². The van der Waals surface area contributed by atoms with Crippen LogP contribution in [-0.2, 0) is 9.47 Å². The summed E-state index contributed by atoms with van der Waals surface area (Å²) in [6, 6.07) is 8.25. The molecule has 0 aliphatic carbocycles. The maximum Gasteiger partial charge on any atom is 0.422 e. The number of anilines is 2. The fourth-order valence-electron chi connectivity index (χ4n) is 2.30. The zero-order chi connectivity index (χ0) is 23.4. The average Bonchev–Trinajstić information content (AvgIpc) is 2.61. The van der Waals surface area contributed by atoms with E-state index in [0.717, 1.165) is 4.90 Å². The normalized spacial score (nSPS) is 11.5. The van der Waals surface area contributed by atoms with Crippen molar-refractivity contribution in [2.75, 3.05) is 10.2 Å². The molecule has 3 amide bonds. The number of halogens is 1. The van der Waals surface area contributed by atoms with Crippen LogP contribution in [0.4, 0.5) is 21.1 Å². The molecule has 0 saturated carbocycles. The smallest absolute Gasteiger partial charge is 0.422 e. The first kappa shape index (κ1) is 24.3. The summed E-state index contributed by atoms with van der Waals surface area (Å²) in [6.07, 6.45) is -0.403.